The molecule has 2 rings (SSSR count). The summed E-state index contributed by atoms with van der Waals surface area (Å²) >= 11 is 3.44. The predicted octanol–water partition coefficient (Wildman–Crippen LogP) is 3.46. The zero-order valence-corrected chi connectivity index (χ0v) is 11.0. The molecule has 2 nitrogen and oxygen atoms in total. The first kappa shape index (κ1) is 11.8. The maximum absolute atomic E-state index is 10.5. The molecule has 0 amide bonds. The molecule has 1 aliphatic rings. The summed E-state index contributed by atoms with van der Waals surface area (Å²) in [6.07, 6.45) is 7.77. The van der Waals surface area contributed by atoms with Gasteiger partial charge in [0.2, 0.25) is 6.08 Å². The van der Waals surface area contributed by atoms with Crippen molar-refractivity contribution in [2.75, 3.05) is 12.5 Å². The van der Waals surface area contributed by atoms with Gasteiger partial charge < -0.3 is 0 Å². The van der Waals surface area contributed by atoms with E-state index in [0.29, 0.717) is 0 Å². The van der Waals surface area contributed by atoms with Crippen molar-refractivity contribution in [3.05, 3.63) is 23.8 Å². The molecule has 1 aromatic carbocycles. The number of benzene rings is 1. The number of rotatable bonds is 4. The lowest BCUT2D eigenvalue weighted by molar-refractivity contribution is 0.555. The minimum Gasteiger partial charge on any atom is -0.211 e. The Morgan fingerprint density at radius 2 is 2.06 bits per heavy atom. The molecule has 0 saturated heterocycles. The maximum Gasteiger partial charge on any atom is 0.235 e. The third-order valence-corrected chi connectivity index (χ3v) is 4.40. The van der Waals surface area contributed by atoms with Crippen molar-refractivity contribution < 1.29 is 4.79 Å². The van der Waals surface area contributed by atoms with Crippen molar-refractivity contribution in [3.63, 3.8) is 0 Å². The Balaban J connectivity index is 2.45. The van der Waals surface area contributed by atoms with E-state index in [2.05, 4.69) is 35.7 Å². The average Bonchev–Trinajstić information content (AvgIpc) is 3.09. The molecule has 0 heterocycles. The van der Waals surface area contributed by atoms with Gasteiger partial charge in [-0.05, 0) is 43.0 Å². The van der Waals surface area contributed by atoms with Gasteiger partial charge >= 0.3 is 0 Å². The monoisotopic (exact) mass is 251 g/mol. The molecule has 0 unspecified atom stereocenters. The topological polar surface area (TPSA) is 29.4 Å². The molecule has 1 aromatic rings. The summed E-state index contributed by atoms with van der Waals surface area (Å²) in [4.78, 5) is 16.9. The molecule has 0 aromatic heterocycles. The lowest BCUT2D eigenvalue weighted by Crippen LogP contribution is -2.04. The van der Waals surface area contributed by atoms with Gasteiger partial charge in [0.15, 0.2) is 0 Å². The number of carbonyl (C=O) groups excluding carboxylic acids is 1. The smallest absolute Gasteiger partial charge is 0.211 e. The second-order valence-corrected chi connectivity index (χ2v) is 5.53. The Kier molecular flexibility index (Phi) is 3.43. The van der Waals surface area contributed by atoms with E-state index in [1.165, 1.54) is 15.4 Å². The van der Waals surface area contributed by atoms with E-state index in [4.69, 9.17) is 0 Å². The van der Waals surface area contributed by atoms with Crippen LogP contribution in [0.5, 0.6) is 0 Å². The standard InChI is InChI=1S/C12H13NOS2/c1-15-9-3-4-10(11(7-9)16-2)12(5-6-12)13-8-14/h3-4,7H,5-6H2,1-2H3. The Morgan fingerprint density at radius 3 is 2.56 bits per heavy atom. The molecule has 16 heavy (non-hydrogen) atoms. The molecular weight excluding hydrogens is 238 g/mol. The Labute approximate surface area is 104 Å². The molecular formula is C12H13NOS2. The quantitative estimate of drug-likeness (QED) is 0.466. The van der Waals surface area contributed by atoms with Crippen LogP contribution in [0.2, 0.25) is 0 Å². The van der Waals surface area contributed by atoms with E-state index in [1.54, 1.807) is 29.6 Å². The van der Waals surface area contributed by atoms with Crippen molar-refractivity contribution >= 4 is 29.6 Å². The number of aliphatic imine (C=N–C) groups is 1. The highest BCUT2D eigenvalue weighted by Crippen LogP contribution is 2.52. The first-order valence-corrected chi connectivity index (χ1v) is 7.52. The predicted molar refractivity (Wildman–Crippen MR) is 69.0 cm³/mol. The van der Waals surface area contributed by atoms with Gasteiger partial charge in [0.25, 0.3) is 0 Å². The third kappa shape index (κ3) is 2.05. The van der Waals surface area contributed by atoms with Gasteiger partial charge in [-0.2, -0.15) is 4.99 Å². The molecule has 0 aliphatic heterocycles. The fourth-order valence-electron chi connectivity index (χ4n) is 1.83. The molecule has 1 saturated carbocycles. The van der Waals surface area contributed by atoms with Crippen LogP contribution in [0.4, 0.5) is 0 Å². The molecule has 1 fully saturated rings. The van der Waals surface area contributed by atoms with Crippen molar-refractivity contribution in [1.29, 1.82) is 0 Å². The number of nitrogens with zero attached hydrogens (tertiary/aromatic N) is 1. The van der Waals surface area contributed by atoms with Crippen LogP contribution in [0, 0.1) is 0 Å². The zero-order valence-electron chi connectivity index (χ0n) is 9.32. The third-order valence-electron chi connectivity index (χ3n) is 2.89. The van der Waals surface area contributed by atoms with Crippen LogP contribution in [0.15, 0.2) is 33.0 Å². The van der Waals surface area contributed by atoms with Crippen molar-refractivity contribution in [1.82, 2.24) is 0 Å². The summed E-state index contributed by atoms with van der Waals surface area (Å²) in [6, 6.07) is 6.37. The van der Waals surface area contributed by atoms with Crippen LogP contribution in [0.25, 0.3) is 0 Å². The van der Waals surface area contributed by atoms with E-state index in [0.717, 1.165) is 12.8 Å². The minimum absolute atomic E-state index is 0.253. The summed E-state index contributed by atoms with van der Waals surface area (Å²) in [5.74, 6) is 0. The van der Waals surface area contributed by atoms with Gasteiger partial charge in [-0.25, -0.2) is 4.79 Å². The average molecular weight is 251 g/mol. The van der Waals surface area contributed by atoms with Gasteiger partial charge in [0, 0.05) is 9.79 Å². The van der Waals surface area contributed by atoms with Gasteiger partial charge in [0.05, 0.1) is 5.54 Å². The summed E-state index contributed by atoms with van der Waals surface area (Å²) in [6.45, 7) is 0. The second kappa shape index (κ2) is 4.66. The lowest BCUT2D eigenvalue weighted by atomic mass is 10.1. The number of thioether (sulfide) groups is 2. The van der Waals surface area contributed by atoms with Crippen LogP contribution in [0.1, 0.15) is 18.4 Å². The fraction of sp³-hybridized carbons (Fsp3) is 0.417. The van der Waals surface area contributed by atoms with E-state index < -0.39 is 0 Å². The number of hydrogen-bond donors (Lipinski definition) is 0. The van der Waals surface area contributed by atoms with Crippen LogP contribution < -0.4 is 0 Å². The van der Waals surface area contributed by atoms with E-state index in [-0.39, 0.29) is 5.54 Å². The van der Waals surface area contributed by atoms with Crippen LogP contribution in [-0.2, 0) is 10.3 Å². The van der Waals surface area contributed by atoms with Gasteiger partial charge in [-0.15, -0.1) is 23.5 Å². The molecule has 1 aliphatic carbocycles. The molecule has 0 atom stereocenters. The molecule has 4 heteroatoms. The van der Waals surface area contributed by atoms with Crippen molar-refractivity contribution in [2.24, 2.45) is 4.99 Å². The zero-order chi connectivity index (χ0) is 11.6. The first-order chi connectivity index (χ1) is 7.75. The molecule has 0 radical (unpaired) electrons. The van der Waals surface area contributed by atoms with Gasteiger partial charge in [-0.1, -0.05) is 6.07 Å². The normalized spacial score (nSPS) is 16.6. The summed E-state index contributed by atoms with van der Waals surface area (Å²) in [5, 5.41) is 0. The van der Waals surface area contributed by atoms with Crippen LogP contribution in [-0.4, -0.2) is 18.6 Å². The Hall–Kier alpha value is -0.700. The first-order valence-electron chi connectivity index (χ1n) is 5.07. The lowest BCUT2D eigenvalue weighted by Gasteiger charge is -2.13. The van der Waals surface area contributed by atoms with Gasteiger partial charge in [0.1, 0.15) is 0 Å². The van der Waals surface area contributed by atoms with Crippen LogP contribution >= 0.6 is 23.5 Å². The van der Waals surface area contributed by atoms with Crippen LogP contribution in [0.3, 0.4) is 0 Å². The number of isocyanates is 1. The summed E-state index contributed by atoms with van der Waals surface area (Å²) in [7, 11) is 0. The van der Waals surface area contributed by atoms with E-state index in [1.807, 2.05) is 0 Å². The fourth-order valence-corrected chi connectivity index (χ4v) is 3.07. The van der Waals surface area contributed by atoms with Gasteiger partial charge in [-0.3, -0.25) is 0 Å². The summed E-state index contributed by atoms with van der Waals surface area (Å²) in [5.41, 5.74) is 0.929. The largest absolute Gasteiger partial charge is 0.235 e. The highest BCUT2D eigenvalue weighted by atomic mass is 32.2. The summed E-state index contributed by atoms with van der Waals surface area (Å²) < 4.78 is 0. The number of hydrogen-bond acceptors (Lipinski definition) is 4. The molecule has 0 bridgehead atoms. The SMILES string of the molecule is CSc1ccc(C2(N=C=O)CC2)c(SC)c1. The van der Waals surface area contributed by atoms with E-state index >= 15 is 0 Å². The van der Waals surface area contributed by atoms with E-state index in [9.17, 15) is 4.79 Å². The second-order valence-electron chi connectivity index (χ2n) is 3.80. The van der Waals surface area contributed by atoms with Crippen molar-refractivity contribution in [3.8, 4) is 0 Å². The Bertz CT molecular complexity index is 448. The molecule has 0 spiro atoms. The van der Waals surface area contributed by atoms with Crippen molar-refractivity contribution in [2.45, 2.75) is 28.2 Å². The molecule has 84 valence electrons. The highest BCUT2D eigenvalue weighted by Gasteiger charge is 2.46. The highest BCUT2D eigenvalue weighted by molar-refractivity contribution is 7.99. The molecule has 0 N–H and O–H groups in total. The Morgan fingerprint density at radius 1 is 1.31 bits per heavy atom. The maximum atomic E-state index is 10.5. The minimum atomic E-state index is -0.253.